The Kier molecular flexibility index (Phi) is 4.13. The van der Waals surface area contributed by atoms with Crippen molar-refractivity contribution in [3.63, 3.8) is 0 Å². The van der Waals surface area contributed by atoms with Crippen molar-refractivity contribution in [2.75, 3.05) is 0 Å². The number of carbonyl (C=O) groups is 2. The van der Waals surface area contributed by atoms with Gasteiger partial charge in [-0.15, -0.1) is 0 Å². The number of hydrogen-bond donors (Lipinski definition) is 0. The van der Waals surface area contributed by atoms with E-state index in [0.29, 0.717) is 41.4 Å². The van der Waals surface area contributed by atoms with E-state index in [0.717, 1.165) is 31.1 Å². The molecular formula is C23H30O2. The smallest absolute Gasteiger partial charge is 0.155 e. The first-order chi connectivity index (χ1) is 12.0. The lowest BCUT2D eigenvalue weighted by Gasteiger charge is -2.54. The molecule has 3 fully saturated rings. The van der Waals surface area contributed by atoms with Crippen LogP contribution in [-0.2, 0) is 9.59 Å². The molecule has 2 nitrogen and oxygen atoms in total. The normalized spacial score (nSPS) is 46.4. The van der Waals surface area contributed by atoms with E-state index >= 15 is 0 Å². The average Bonchev–Trinajstić information content (AvgIpc) is 2.85. The van der Waals surface area contributed by atoms with Gasteiger partial charge in [0.2, 0.25) is 0 Å². The highest BCUT2D eigenvalue weighted by atomic mass is 16.1. The number of hydrogen-bond acceptors (Lipinski definition) is 2. The lowest BCUT2D eigenvalue weighted by atomic mass is 9.49. The largest absolute Gasteiger partial charge is 0.303 e. The molecule has 0 aromatic carbocycles. The van der Waals surface area contributed by atoms with Crippen LogP contribution in [0.15, 0.2) is 36.0 Å². The molecule has 4 aliphatic carbocycles. The third-order valence-electron chi connectivity index (χ3n) is 8.04. The molecule has 0 saturated heterocycles. The molecule has 0 aromatic rings. The van der Waals surface area contributed by atoms with Gasteiger partial charge in [-0.1, -0.05) is 36.8 Å². The van der Waals surface area contributed by atoms with Gasteiger partial charge >= 0.3 is 0 Å². The molecule has 7 atom stereocenters. The van der Waals surface area contributed by atoms with Gasteiger partial charge in [0.1, 0.15) is 6.29 Å². The van der Waals surface area contributed by atoms with Crippen LogP contribution in [0.1, 0.15) is 52.4 Å². The lowest BCUT2D eigenvalue weighted by molar-refractivity contribution is -0.117. The fraction of sp³-hybridized carbons (Fsp3) is 0.652. The third kappa shape index (κ3) is 2.44. The molecule has 4 rings (SSSR count). The van der Waals surface area contributed by atoms with Crippen molar-refractivity contribution in [3.05, 3.63) is 36.0 Å². The zero-order valence-corrected chi connectivity index (χ0v) is 15.5. The summed E-state index contributed by atoms with van der Waals surface area (Å²) in [4.78, 5) is 23.7. The van der Waals surface area contributed by atoms with Crippen molar-refractivity contribution >= 4 is 12.1 Å². The Morgan fingerprint density at radius 3 is 2.80 bits per heavy atom. The molecule has 0 N–H and O–H groups in total. The van der Waals surface area contributed by atoms with Crippen LogP contribution in [0.3, 0.4) is 0 Å². The molecule has 3 saturated carbocycles. The standard InChI is InChI=1S/C23H30O2/c1-4-5-21-14(2)10-22-20-11-15(13-24)19-12-16(25)6-7-17(19)18(20)8-9-23(21,22)3/h4-5,12-13,15,17-18,20-22H,2,6-11H2,1,3H3/b5-4+/t15-,17-,18-,20-,21-,22+,23-/m1/s1. The van der Waals surface area contributed by atoms with Crippen LogP contribution in [0.4, 0.5) is 0 Å². The van der Waals surface area contributed by atoms with Crippen LogP contribution in [0.2, 0.25) is 0 Å². The summed E-state index contributed by atoms with van der Waals surface area (Å²) in [6.07, 6.45) is 13.6. The number of carbonyl (C=O) groups excluding carboxylic acids is 2. The third-order valence-corrected chi connectivity index (χ3v) is 8.04. The van der Waals surface area contributed by atoms with Gasteiger partial charge in [-0.2, -0.15) is 0 Å². The van der Waals surface area contributed by atoms with Crippen LogP contribution < -0.4 is 0 Å². The summed E-state index contributed by atoms with van der Waals surface area (Å²) in [5.41, 5.74) is 2.84. The summed E-state index contributed by atoms with van der Waals surface area (Å²) in [5.74, 6) is 3.04. The molecule has 25 heavy (non-hydrogen) atoms. The second-order valence-corrected chi connectivity index (χ2v) is 9.08. The quantitative estimate of drug-likeness (QED) is 0.529. The molecule has 0 amide bonds. The topological polar surface area (TPSA) is 34.1 Å². The number of rotatable bonds is 2. The predicted molar refractivity (Wildman–Crippen MR) is 99.9 cm³/mol. The maximum atomic E-state index is 11.9. The van der Waals surface area contributed by atoms with E-state index in [1.54, 1.807) is 0 Å². The minimum absolute atomic E-state index is 0.0353. The minimum atomic E-state index is -0.0353. The first-order valence-electron chi connectivity index (χ1n) is 9.99. The first kappa shape index (κ1) is 17.0. The second kappa shape index (κ2) is 6.07. The van der Waals surface area contributed by atoms with Gasteiger partial charge in [0.25, 0.3) is 0 Å². The predicted octanol–water partition coefficient (Wildman–Crippen LogP) is 4.91. The summed E-state index contributed by atoms with van der Waals surface area (Å²) >= 11 is 0. The lowest BCUT2D eigenvalue weighted by Crippen LogP contribution is -2.48. The minimum Gasteiger partial charge on any atom is -0.303 e. The van der Waals surface area contributed by atoms with E-state index in [1.807, 2.05) is 6.08 Å². The highest BCUT2D eigenvalue weighted by Gasteiger charge is 2.57. The van der Waals surface area contributed by atoms with Crippen LogP contribution >= 0.6 is 0 Å². The van der Waals surface area contributed by atoms with Crippen molar-refractivity contribution in [1.29, 1.82) is 0 Å². The highest BCUT2D eigenvalue weighted by molar-refractivity contribution is 5.92. The molecule has 4 aliphatic rings. The number of allylic oxidation sites excluding steroid dienone is 4. The van der Waals surface area contributed by atoms with Crippen LogP contribution in [0.5, 0.6) is 0 Å². The Morgan fingerprint density at radius 2 is 2.08 bits per heavy atom. The Bertz CT molecular complexity index is 670. The summed E-state index contributed by atoms with van der Waals surface area (Å²) in [6.45, 7) is 8.98. The van der Waals surface area contributed by atoms with E-state index in [2.05, 4.69) is 32.6 Å². The van der Waals surface area contributed by atoms with E-state index in [9.17, 15) is 9.59 Å². The monoisotopic (exact) mass is 338 g/mol. The van der Waals surface area contributed by atoms with Crippen molar-refractivity contribution in [2.24, 2.45) is 40.9 Å². The SMILES string of the molecule is C=C1C[C@H]2[C@@H]3C[C@H](C=O)C4=CC(=O)CC[C@@H]4[C@H]3CC[C@]2(C)[C@@H]1/C=C/C. The van der Waals surface area contributed by atoms with Gasteiger partial charge < -0.3 is 4.79 Å². The molecule has 0 aliphatic heterocycles. The summed E-state index contributed by atoms with van der Waals surface area (Å²) in [6, 6.07) is 0. The molecule has 0 heterocycles. The fourth-order valence-electron chi connectivity index (χ4n) is 6.93. The molecule has 2 heteroatoms. The van der Waals surface area contributed by atoms with Gasteiger partial charge in [-0.25, -0.2) is 0 Å². The molecule has 0 radical (unpaired) electrons. The van der Waals surface area contributed by atoms with E-state index < -0.39 is 0 Å². The Balaban J connectivity index is 1.70. The zero-order valence-electron chi connectivity index (χ0n) is 15.5. The Hall–Kier alpha value is -1.44. The number of fused-ring (bicyclic) bond motifs is 5. The maximum absolute atomic E-state index is 11.9. The van der Waals surface area contributed by atoms with Gasteiger partial charge in [0.15, 0.2) is 5.78 Å². The van der Waals surface area contributed by atoms with E-state index in [-0.39, 0.29) is 11.7 Å². The van der Waals surface area contributed by atoms with Gasteiger partial charge in [0.05, 0.1) is 0 Å². The van der Waals surface area contributed by atoms with Crippen molar-refractivity contribution < 1.29 is 9.59 Å². The maximum Gasteiger partial charge on any atom is 0.155 e. The zero-order chi connectivity index (χ0) is 17.8. The number of ketones is 1. The molecular weight excluding hydrogens is 308 g/mol. The molecule has 134 valence electrons. The first-order valence-corrected chi connectivity index (χ1v) is 9.99. The van der Waals surface area contributed by atoms with Crippen molar-refractivity contribution in [2.45, 2.75) is 52.4 Å². The van der Waals surface area contributed by atoms with Gasteiger partial charge in [-0.3, -0.25) is 4.79 Å². The average molecular weight is 338 g/mol. The molecule has 0 aromatic heterocycles. The van der Waals surface area contributed by atoms with E-state index in [4.69, 9.17) is 0 Å². The molecule has 0 spiro atoms. The van der Waals surface area contributed by atoms with Crippen molar-refractivity contribution in [1.82, 2.24) is 0 Å². The summed E-state index contributed by atoms with van der Waals surface area (Å²) < 4.78 is 0. The van der Waals surface area contributed by atoms with Crippen molar-refractivity contribution in [3.8, 4) is 0 Å². The molecule has 0 unspecified atom stereocenters. The fourth-order valence-corrected chi connectivity index (χ4v) is 6.93. The summed E-state index contributed by atoms with van der Waals surface area (Å²) in [5, 5.41) is 0. The number of aldehydes is 1. The van der Waals surface area contributed by atoms with E-state index in [1.165, 1.54) is 18.4 Å². The Labute approximate surface area is 151 Å². The van der Waals surface area contributed by atoms with Crippen LogP contribution in [0.25, 0.3) is 0 Å². The van der Waals surface area contributed by atoms with Gasteiger partial charge in [0, 0.05) is 18.3 Å². The second-order valence-electron chi connectivity index (χ2n) is 9.08. The summed E-state index contributed by atoms with van der Waals surface area (Å²) in [7, 11) is 0. The van der Waals surface area contributed by atoms with Crippen LogP contribution in [-0.4, -0.2) is 12.1 Å². The van der Waals surface area contributed by atoms with Gasteiger partial charge in [-0.05, 0) is 74.2 Å². The molecule has 0 bridgehead atoms. The Morgan fingerprint density at radius 1 is 1.28 bits per heavy atom. The van der Waals surface area contributed by atoms with Crippen LogP contribution in [0, 0.1) is 40.9 Å². The highest BCUT2D eigenvalue weighted by Crippen LogP contribution is 2.65.